The molecule has 25 heavy (non-hydrogen) atoms. The maximum absolute atomic E-state index is 13.1. The number of benzene rings is 1. The molecule has 138 valence electrons. The molecule has 3 heteroatoms. The summed E-state index contributed by atoms with van der Waals surface area (Å²) in [5, 5.41) is 0. The van der Waals surface area contributed by atoms with Gasteiger partial charge in [-0.2, -0.15) is 0 Å². The summed E-state index contributed by atoms with van der Waals surface area (Å²) in [5.74, 6) is 0.628. The molecule has 1 saturated carbocycles. The molecule has 0 spiro atoms. The van der Waals surface area contributed by atoms with Crippen molar-refractivity contribution in [3.63, 3.8) is 0 Å². The van der Waals surface area contributed by atoms with Crippen LogP contribution >= 0.6 is 0 Å². The van der Waals surface area contributed by atoms with Crippen LogP contribution in [0.4, 0.5) is 0 Å². The van der Waals surface area contributed by atoms with Crippen molar-refractivity contribution in [1.29, 1.82) is 0 Å². The first-order valence-corrected chi connectivity index (χ1v) is 9.74. The second kappa shape index (κ2) is 8.75. The van der Waals surface area contributed by atoms with Crippen molar-refractivity contribution in [3.8, 4) is 0 Å². The highest BCUT2D eigenvalue weighted by Gasteiger charge is 2.41. The van der Waals surface area contributed by atoms with Crippen molar-refractivity contribution in [2.45, 2.75) is 72.1 Å². The van der Waals surface area contributed by atoms with Crippen LogP contribution in [0.25, 0.3) is 0 Å². The van der Waals surface area contributed by atoms with Crippen LogP contribution in [0.5, 0.6) is 0 Å². The van der Waals surface area contributed by atoms with Gasteiger partial charge in [-0.25, -0.2) is 0 Å². The van der Waals surface area contributed by atoms with Gasteiger partial charge in [-0.1, -0.05) is 31.5 Å². The average molecular weight is 344 g/mol. The van der Waals surface area contributed by atoms with Gasteiger partial charge in [0.25, 0.3) is 0 Å². The fraction of sp³-hybridized carbons (Fsp3) is 0.636. The molecule has 0 amide bonds. The second-order valence-electron chi connectivity index (χ2n) is 7.76. The van der Waals surface area contributed by atoms with E-state index in [0.29, 0.717) is 12.2 Å². The van der Waals surface area contributed by atoms with Crippen molar-refractivity contribution in [1.82, 2.24) is 0 Å². The Balaban J connectivity index is 2.03. The number of aryl methyl sites for hydroxylation is 2. The number of Topliss-reactive ketones (excluding diaryl/α,β-unsaturated/α-hetero) is 2. The Bertz CT molecular complexity index is 612. The quantitative estimate of drug-likeness (QED) is 0.765. The van der Waals surface area contributed by atoms with E-state index < -0.39 is 0 Å². The molecule has 0 radical (unpaired) electrons. The van der Waals surface area contributed by atoms with Crippen molar-refractivity contribution in [2.75, 3.05) is 6.54 Å². The summed E-state index contributed by atoms with van der Waals surface area (Å²) in [6.45, 7) is 6.54. The van der Waals surface area contributed by atoms with E-state index >= 15 is 0 Å². The Labute approximate surface area is 152 Å². The van der Waals surface area contributed by atoms with Gasteiger partial charge in [0.1, 0.15) is 11.6 Å². The fourth-order valence-corrected chi connectivity index (χ4v) is 4.40. The maximum atomic E-state index is 13.1. The van der Waals surface area contributed by atoms with E-state index in [0.717, 1.165) is 44.9 Å². The van der Waals surface area contributed by atoms with Crippen LogP contribution in [0.2, 0.25) is 0 Å². The summed E-state index contributed by atoms with van der Waals surface area (Å²) >= 11 is 0. The number of ketones is 2. The standard InChI is InChI=1S/C22H33NO2/c1-4-12-22(13-10-19(11-14-22)20(24)15-23)21(25)9-8-18-7-5-6-16(2)17(18)3/h5-7,19H,4,8-15,23H2,1-3H3. The Hall–Kier alpha value is -1.48. The topological polar surface area (TPSA) is 60.2 Å². The SMILES string of the molecule is CCCC1(C(=O)CCc2cccc(C)c2C)CCC(C(=O)CN)CC1. The first kappa shape index (κ1) is 19.8. The van der Waals surface area contributed by atoms with Crippen LogP contribution in [0.15, 0.2) is 18.2 Å². The summed E-state index contributed by atoms with van der Waals surface area (Å²) in [7, 11) is 0. The molecule has 0 atom stereocenters. The van der Waals surface area contributed by atoms with Crippen LogP contribution < -0.4 is 5.73 Å². The van der Waals surface area contributed by atoms with Crippen molar-refractivity contribution >= 4 is 11.6 Å². The van der Waals surface area contributed by atoms with Crippen molar-refractivity contribution in [2.24, 2.45) is 17.1 Å². The van der Waals surface area contributed by atoms with E-state index in [9.17, 15) is 9.59 Å². The minimum Gasteiger partial charge on any atom is -0.324 e. The van der Waals surface area contributed by atoms with E-state index in [2.05, 4.69) is 39.0 Å². The molecule has 1 aliphatic rings. The first-order chi connectivity index (χ1) is 11.9. The molecule has 0 heterocycles. The Morgan fingerprint density at radius 3 is 2.48 bits per heavy atom. The number of rotatable bonds is 8. The van der Waals surface area contributed by atoms with Crippen LogP contribution in [-0.2, 0) is 16.0 Å². The van der Waals surface area contributed by atoms with Gasteiger partial charge in [0, 0.05) is 17.8 Å². The van der Waals surface area contributed by atoms with Gasteiger partial charge in [-0.15, -0.1) is 0 Å². The zero-order valence-corrected chi connectivity index (χ0v) is 16.1. The summed E-state index contributed by atoms with van der Waals surface area (Å²) in [4.78, 5) is 25.0. The molecule has 3 nitrogen and oxygen atoms in total. The summed E-state index contributed by atoms with van der Waals surface area (Å²) < 4.78 is 0. The molecular formula is C22H33NO2. The molecule has 1 fully saturated rings. The molecule has 0 saturated heterocycles. The van der Waals surface area contributed by atoms with Gasteiger partial charge in [0.15, 0.2) is 0 Å². The molecule has 1 aliphatic carbocycles. The lowest BCUT2D eigenvalue weighted by molar-refractivity contribution is -0.134. The number of carbonyl (C=O) groups excluding carboxylic acids is 2. The average Bonchev–Trinajstić information content (AvgIpc) is 2.62. The van der Waals surface area contributed by atoms with Gasteiger partial charge in [-0.05, 0) is 69.1 Å². The van der Waals surface area contributed by atoms with Crippen LogP contribution in [-0.4, -0.2) is 18.1 Å². The lowest BCUT2D eigenvalue weighted by Crippen LogP contribution is -2.38. The summed E-state index contributed by atoms with van der Waals surface area (Å²) in [6.07, 6.45) is 6.75. The summed E-state index contributed by atoms with van der Waals surface area (Å²) in [6, 6.07) is 6.33. The third-order valence-electron chi connectivity index (χ3n) is 6.26. The highest BCUT2D eigenvalue weighted by molar-refractivity contribution is 5.86. The summed E-state index contributed by atoms with van der Waals surface area (Å²) in [5.41, 5.74) is 9.17. The predicted octanol–water partition coefficient (Wildman–Crippen LogP) is 4.31. The fourth-order valence-electron chi connectivity index (χ4n) is 4.40. The van der Waals surface area contributed by atoms with E-state index in [1.807, 2.05) is 0 Å². The minimum atomic E-state index is -0.210. The van der Waals surface area contributed by atoms with Crippen LogP contribution in [0.3, 0.4) is 0 Å². The number of hydrogen-bond acceptors (Lipinski definition) is 3. The highest BCUT2D eigenvalue weighted by atomic mass is 16.1. The van der Waals surface area contributed by atoms with Crippen molar-refractivity contribution < 1.29 is 9.59 Å². The van der Waals surface area contributed by atoms with Gasteiger partial charge >= 0.3 is 0 Å². The molecule has 0 aliphatic heterocycles. The molecule has 0 bridgehead atoms. The molecule has 0 unspecified atom stereocenters. The third kappa shape index (κ3) is 4.58. The van der Waals surface area contributed by atoms with E-state index in [4.69, 9.17) is 5.73 Å². The highest BCUT2D eigenvalue weighted by Crippen LogP contribution is 2.44. The van der Waals surface area contributed by atoms with E-state index in [1.165, 1.54) is 16.7 Å². The van der Waals surface area contributed by atoms with Gasteiger partial charge in [0.05, 0.1) is 6.54 Å². The van der Waals surface area contributed by atoms with Crippen molar-refractivity contribution in [3.05, 3.63) is 34.9 Å². The third-order valence-corrected chi connectivity index (χ3v) is 6.26. The minimum absolute atomic E-state index is 0.0711. The Morgan fingerprint density at radius 2 is 1.88 bits per heavy atom. The van der Waals surface area contributed by atoms with Gasteiger partial charge < -0.3 is 5.73 Å². The monoisotopic (exact) mass is 343 g/mol. The Morgan fingerprint density at radius 1 is 1.20 bits per heavy atom. The van der Waals surface area contributed by atoms with E-state index in [-0.39, 0.29) is 23.7 Å². The van der Waals surface area contributed by atoms with Gasteiger partial charge in [-0.3, -0.25) is 9.59 Å². The van der Waals surface area contributed by atoms with Gasteiger partial charge in [0.2, 0.25) is 0 Å². The number of nitrogens with two attached hydrogens (primary N) is 1. The molecule has 1 aromatic carbocycles. The molecule has 0 aromatic heterocycles. The molecule has 1 aromatic rings. The Kier molecular flexibility index (Phi) is 6.95. The normalized spacial score (nSPS) is 23.4. The lowest BCUT2D eigenvalue weighted by atomic mass is 9.64. The zero-order chi connectivity index (χ0) is 18.4. The smallest absolute Gasteiger partial charge is 0.149 e. The van der Waals surface area contributed by atoms with E-state index in [1.54, 1.807) is 0 Å². The largest absolute Gasteiger partial charge is 0.324 e. The van der Waals surface area contributed by atoms with Crippen LogP contribution in [0.1, 0.15) is 68.6 Å². The first-order valence-electron chi connectivity index (χ1n) is 9.74. The maximum Gasteiger partial charge on any atom is 0.149 e. The zero-order valence-electron chi connectivity index (χ0n) is 16.1. The predicted molar refractivity (Wildman–Crippen MR) is 103 cm³/mol. The lowest BCUT2D eigenvalue weighted by Gasteiger charge is -2.38. The molecule has 2 N–H and O–H groups in total. The molecular weight excluding hydrogens is 310 g/mol. The number of hydrogen-bond donors (Lipinski definition) is 1. The second-order valence-corrected chi connectivity index (χ2v) is 7.76. The number of carbonyl (C=O) groups is 2. The van der Waals surface area contributed by atoms with Crippen LogP contribution in [0, 0.1) is 25.2 Å². The molecule has 2 rings (SSSR count).